The van der Waals surface area contributed by atoms with E-state index in [0.29, 0.717) is 44.6 Å². The van der Waals surface area contributed by atoms with Gasteiger partial charge in [-0.05, 0) is 76.1 Å². The number of likely N-dealkylation sites (tertiary alicyclic amines) is 2. The lowest BCUT2D eigenvalue weighted by molar-refractivity contribution is -0.165. The van der Waals surface area contributed by atoms with E-state index in [-0.39, 0.29) is 23.6 Å². The van der Waals surface area contributed by atoms with Crippen LogP contribution in [0, 0.1) is 19.8 Å². The number of nitrogens with one attached hydrogen (secondary N) is 1. The molecule has 3 saturated heterocycles. The van der Waals surface area contributed by atoms with Crippen molar-refractivity contribution < 1.29 is 19.5 Å². The van der Waals surface area contributed by atoms with Crippen LogP contribution in [0.15, 0.2) is 24.3 Å². The number of carbonyl (C=O) groups is 3. The zero-order valence-electron chi connectivity index (χ0n) is 26.4. The first-order valence-corrected chi connectivity index (χ1v) is 16.0. The molecule has 3 amide bonds. The first-order chi connectivity index (χ1) is 20.6. The maximum Gasteiger partial charge on any atom is 0.253 e. The first-order valence-electron chi connectivity index (χ1n) is 16.0. The number of unbranched alkanes of at least 4 members (excludes halogenated alkanes) is 1. The fraction of sp³-hybridized carbons (Fsp3) is 0.636. The summed E-state index contributed by atoms with van der Waals surface area (Å²) < 4.78 is 1.94. The maximum absolute atomic E-state index is 13.6. The molecule has 0 saturated carbocycles. The predicted molar refractivity (Wildman–Crippen MR) is 165 cm³/mol. The summed E-state index contributed by atoms with van der Waals surface area (Å²) in [5.41, 5.74) is 3.91. The van der Waals surface area contributed by atoms with Crippen LogP contribution in [0.5, 0.6) is 0 Å². The van der Waals surface area contributed by atoms with Gasteiger partial charge in [-0.15, -0.1) is 0 Å². The highest BCUT2D eigenvalue weighted by Crippen LogP contribution is 2.35. The number of aromatic nitrogens is 2. The second kappa shape index (κ2) is 12.8. The van der Waals surface area contributed by atoms with Gasteiger partial charge in [0.05, 0.1) is 17.5 Å². The zero-order chi connectivity index (χ0) is 30.9. The van der Waals surface area contributed by atoms with Crippen molar-refractivity contribution in [3.05, 3.63) is 46.8 Å². The Morgan fingerprint density at radius 1 is 1.07 bits per heavy atom. The number of piperidine rings is 1. The molecular weight excluding hydrogens is 544 g/mol. The summed E-state index contributed by atoms with van der Waals surface area (Å²) in [6, 6.07) is 6.81. The molecule has 3 aliphatic heterocycles. The normalized spacial score (nSPS) is 21.6. The number of rotatable bonds is 9. The minimum Gasteiger partial charge on any atom is -0.390 e. The van der Waals surface area contributed by atoms with Crippen LogP contribution < -0.4 is 5.32 Å². The van der Waals surface area contributed by atoms with E-state index in [4.69, 9.17) is 5.10 Å². The fourth-order valence-corrected chi connectivity index (χ4v) is 6.90. The standard InChI is InChI=1S/C33H48N6O4/c1-6-7-18-38-31(42)28(29(40)22(2)3)34-32(43)33(38)14-19-36(20-15-33)21-27-23(4)35-39(24(27)5)26-12-10-25(11-13-26)30(41)37-16-8-9-17-37/h10-13,22,28-29,40H,6-9,14-21H2,1-5H3,(H,34,43)/t28-,29-/m1/s1. The highest BCUT2D eigenvalue weighted by atomic mass is 16.3. The molecular formula is C33H48N6O4. The van der Waals surface area contributed by atoms with Crippen LogP contribution in [0.3, 0.4) is 0 Å². The summed E-state index contributed by atoms with van der Waals surface area (Å²) in [4.78, 5) is 46.1. The number of aliphatic hydroxyl groups excluding tert-OH is 1. The average molecular weight is 593 g/mol. The quantitative estimate of drug-likeness (QED) is 0.463. The number of benzene rings is 1. The molecule has 2 atom stereocenters. The number of aliphatic hydroxyl groups is 1. The van der Waals surface area contributed by atoms with Crippen LogP contribution in [0.4, 0.5) is 0 Å². The van der Waals surface area contributed by atoms with Crippen molar-refractivity contribution in [1.29, 1.82) is 0 Å². The smallest absolute Gasteiger partial charge is 0.253 e. The van der Waals surface area contributed by atoms with E-state index in [1.165, 1.54) is 0 Å². The van der Waals surface area contributed by atoms with E-state index in [9.17, 15) is 19.5 Å². The van der Waals surface area contributed by atoms with Crippen molar-refractivity contribution >= 4 is 17.7 Å². The van der Waals surface area contributed by atoms with Crippen molar-refractivity contribution in [2.24, 2.45) is 5.92 Å². The van der Waals surface area contributed by atoms with E-state index >= 15 is 0 Å². The number of piperazine rings is 1. The van der Waals surface area contributed by atoms with Crippen molar-refractivity contribution in [3.63, 3.8) is 0 Å². The van der Waals surface area contributed by atoms with Crippen LogP contribution in [0.1, 0.15) is 86.6 Å². The van der Waals surface area contributed by atoms with Crippen molar-refractivity contribution in [2.75, 3.05) is 32.7 Å². The number of hydrogen-bond donors (Lipinski definition) is 2. The molecule has 234 valence electrons. The molecule has 2 N–H and O–H groups in total. The largest absolute Gasteiger partial charge is 0.390 e. The van der Waals surface area contributed by atoms with Crippen LogP contribution in [-0.2, 0) is 16.1 Å². The molecule has 1 spiro atoms. The first kappa shape index (κ1) is 31.2. The second-order valence-corrected chi connectivity index (χ2v) is 12.9. The van der Waals surface area contributed by atoms with E-state index in [1.54, 1.807) is 4.90 Å². The van der Waals surface area contributed by atoms with Crippen LogP contribution in [0.25, 0.3) is 5.69 Å². The minimum absolute atomic E-state index is 0.0919. The SMILES string of the molecule is CCCCN1C(=O)[C@@H]([C@H](O)C(C)C)NC(=O)C12CCN(Cc1c(C)nn(-c3ccc(C(=O)N4CCCC4)cc3)c1C)CC2. The fourth-order valence-electron chi connectivity index (χ4n) is 6.90. The van der Waals surface area contributed by atoms with Gasteiger partial charge in [0.1, 0.15) is 11.6 Å². The highest BCUT2D eigenvalue weighted by molar-refractivity contribution is 6.00. The molecule has 3 fully saturated rings. The second-order valence-electron chi connectivity index (χ2n) is 12.9. The molecule has 2 aromatic rings. The molecule has 0 radical (unpaired) electrons. The van der Waals surface area contributed by atoms with Crippen molar-refractivity contribution in [3.8, 4) is 5.69 Å². The van der Waals surface area contributed by atoms with Gasteiger partial charge >= 0.3 is 0 Å². The van der Waals surface area contributed by atoms with Gasteiger partial charge in [-0.1, -0.05) is 27.2 Å². The van der Waals surface area contributed by atoms with Gasteiger partial charge in [-0.2, -0.15) is 5.10 Å². The molecule has 1 aromatic carbocycles. The Bertz CT molecular complexity index is 1320. The Morgan fingerprint density at radius 2 is 1.72 bits per heavy atom. The van der Waals surface area contributed by atoms with Gasteiger partial charge in [0, 0.05) is 56.1 Å². The molecule has 0 bridgehead atoms. The third kappa shape index (κ3) is 5.96. The van der Waals surface area contributed by atoms with Crippen LogP contribution >= 0.6 is 0 Å². The number of hydrogen-bond acceptors (Lipinski definition) is 6. The van der Waals surface area contributed by atoms with Gasteiger partial charge in [0.25, 0.3) is 5.91 Å². The molecule has 10 heteroatoms. The Labute approximate surface area is 255 Å². The number of carbonyl (C=O) groups excluding carboxylic acids is 3. The van der Waals surface area contributed by atoms with Crippen LogP contribution in [0.2, 0.25) is 0 Å². The van der Waals surface area contributed by atoms with E-state index in [0.717, 1.165) is 61.4 Å². The summed E-state index contributed by atoms with van der Waals surface area (Å²) in [5, 5.41) is 18.5. The van der Waals surface area contributed by atoms with Gasteiger partial charge in [-0.3, -0.25) is 19.3 Å². The number of nitrogens with zero attached hydrogens (tertiary/aromatic N) is 5. The minimum atomic E-state index is -0.915. The predicted octanol–water partition coefficient (Wildman–Crippen LogP) is 3.20. The lowest BCUT2D eigenvalue weighted by Crippen LogP contribution is -2.74. The van der Waals surface area contributed by atoms with Crippen LogP contribution in [-0.4, -0.2) is 97.7 Å². The van der Waals surface area contributed by atoms with E-state index in [1.807, 2.05) is 54.6 Å². The molecule has 10 nitrogen and oxygen atoms in total. The molecule has 4 heterocycles. The molecule has 3 aliphatic rings. The van der Waals surface area contributed by atoms with Gasteiger partial charge in [0.2, 0.25) is 11.8 Å². The summed E-state index contributed by atoms with van der Waals surface area (Å²) >= 11 is 0. The summed E-state index contributed by atoms with van der Waals surface area (Å²) in [5.74, 6) is -0.349. The lowest BCUT2D eigenvalue weighted by Gasteiger charge is -2.52. The van der Waals surface area contributed by atoms with Gasteiger partial charge in [-0.25, -0.2) is 4.68 Å². The molecule has 43 heavy (non-hydrogen) atoms. The van der Waals surface area contributed by atoms with Crippen molar-refractivity contribution in [1.82, 2.24) is 29.8 Å². The Morgan fingerprint density at radius 3 is 2.33 bits per heavy atom. The third-order valence-corrected chi connectivity index (χ3v) is 9.78. The number of amides is 3. The van der Waals surface area contributed by atoms with Gasteiger partial charge < -0.3 is 20.2 Å². The Hall–Kier alpha value is -3.24. The average Bonchev–Trinajstić information content (AvgIpc) is 3.64. The Balaban J connectivity index is 1.28. The molecule has 1 aromatic heterocycles. The molecule has 5 rings (SSSR count). The molecule has 0 aliphatic carbocycles. The monoisotopic (exact) mass is 592 g/mol. The summed E-state index contributed by atoms with van der Waals surface area (Å²) in [7, 11) is 0. The summed E-state index contributed by atoms with van der Waals surface area (Å²) in [6.07, 6.45) is 4.07. The molecule has 0 unspecified atom stereocenters. The topological polar surface area (TPSA) is 111 Å². The van der Waals surface area contributed by atoms with E-state index in [2.05, 4.69) is 24.1 Å². The maximum atomic E-state index is 13.6. The van der Waals surface area contributed by atoms with Gasteiger partial charge in [0.15, 0.2) is 0 Å². The number of aryl methyl sites for hydroxylation is 1. The summed E-state index contributed by atoms with van der Waals surface area (Å²) in [6.45, 7) is 14.2. The highest BCUT2D eigenvalue weighted by Gasteiger charge is 2.54. The zero-order valence-corrected chi connectivity index (χ0v) is 26.4. The van der Waals surface area contributed by atoms with E-state index < -0.39 is 17.7 Å². The van der Waals surface area contributed by atoms with Crippen molar-refractivity contribution in [2.45, 2.75) is 97.4 Å². The third-order valence-electron chi connectivity index (χ3n) is 9.78. The lowest BCUT2D eigenvalue weighted by atomic mass is 9.80. The Kier molecular flexibility index (Phi) is 9.27.